The van der Waals surface area contributed by atoms with E-state index in [2.05, 4.69) is 11.9 Å². The molecule has 138 valence electrons. The summed E-state index contributed by atoms with van der Waals surface area (Å²) in [5, 5.41) is 3.48. The number of benzene rings is 1. The van der Waals surface area contributed by atoms with Crippen molar-refractivity contribution >= 4 is 23.5 Å². The highest BCUT2D eigenvalue weighted by Gasteiger charge is 2.43. The molecule has 0 aliphatic carbocycles. The molecule has 0 fully saturated rings. The van der Waals surface area contributed by atoms with Crippen LogP contribution in [-0.4, -0.2) is 34.8 Å². The van der Waals surface area contributed by atoms with Gasteiger partial charge in [-0.3, -0.25) is 9.69 Å². The lowest BCUT2D eigenvalue weighted by Crippen LogP contribution is -2.47. The van der Waals surface area contributed by atoms with Crippen LogP contribution >= 0.6 is 11.6 Å². The molecular formula is C20H18ClN3O3. The van der Waals surface area contributed by atoms with Crippen LogP contribution < -0.4 is 5.32 Å². The normalized spacial score (nSPS) is 19.4. The van der Waals surface area contributed by atoms with Crippen molar-refractivity contribution in [3.05, 3.63) is 82.9 Å². The number of nitrogens with zero attached hydrogens (tertiary/aromatic N) is 2. The first-order chi connectivity index (χ1) is 13.1. The molecule has 27 heavy (non-hydrogen) atoms. The summed E-state index contributed by atoms with van der Waals surface area (Å²) in [5.41, 5.74) is 2.03. The highest BCUT2D eigenvalue weighted by atomic mass is 35.5. The van der Waals surface area contributed by atoms with Crippen molar-refractivity contribution in [2.45, 2.75) is 12.6 Å². The monoisotopic (exact) mass is 383 g/mol. The van der Waals surface area contributed by atoms with Gasteiger partial charge < -0.3 is 14.6 Å². The quantitative estimate of drug-likeness (QED) is 0.804. The number of hydrogen-bond donors (Lipinski definition) is 1. The number of amides is 3. The summed E-state index contributed by atoms with van der Waals surface area (Å²) in [6.07, 6.45) is 3.22. The Morgan fingerprint density at radius 1 is 1.30 bits per heavy atom. The molecule has 0 radical (unpaired) electrons. The average Bonchev–Trinajstić information content (AvgIpc) is 3.26. The summed E-state index contributed by atoms with van der Waals surface area (Å²) < 4.78 is 5.38. The van der Waals surface area contributed by atoms with Gasteiger partial charge in [-0.25, -0.2) is 4.79 Å². The molecule has 2 aliphatic heterocycles. The van der Waals surface area contributed by atoms with Gasteiger partial charge in [0.1, 0.15) is 5.76 Å². The van der Waals surface area contributed by atoms with Gasteiger partial charge in [-0.1, -0.05) is 29.8 Å². The third kappa shape index (κ3) is 3.13. The van der Waals surface area contributed by atoms with Crippen LogP contribution in [0.2, 0.25) is 5.02 Å². The zero-order chi connectivity index (χ0) is 19.0. The molecule has 1 unspecified atom stereocenters. The zero-order valence-electron chi connectivity index (χ0n) is 14.5. The molecule has 1 N–H and O–H groups in total. The largest absolute Gasteiger partial charge is 0.467 e. The first-order valence-corrected chi connectivity index (χ1v) is 8.95. The Morgan fingerprint density at radius 2 is 2.15 bits per heavy atom. The lowest BCUT2D eigenvalue weighted by atomic mass is 9.95. The fourth-order valence-corrected chi connectivity index (χ4v) is 3.72. The third-order valence-electron chi connectivity index (χ3n) is 4.72. The van der Waals surface area contributed by atoms with E-state index in [1.807, 2.05) is 12.1 Å². The summed E-state index contributed by atoms with van der Waals surface area (Å²) in [6, 6.07) is 9.99. The van der Waals surface area contributed by atoms with Crippen LogP contribution in [0.15, 0.2) is 71.0 Å². The van der Waals surface area contributed by atoms with Crippen LogP contribution in [0.4, 0.5) is 4.79 Å². The fourth-order valence-electron chi connectivity index (χ4n) is 3.53. The van der Waals surface area contributed by atoms with Crippen molar-refractivity contribution < 1.29 is 14.0 Å². The lowest BCUT2D eigenvalue weighted by molar-refractivity contribution is -0.126. The molecule has 2 aliphatic rings. The summed E-state index contributed by atoms with van der Waals surface area (Å²) in [6.45, 7) is 4.73. The zero-order valence-corrected chi connectivity index (χ0v) is 15.3. The van der Waals surface area contributed by atoms with Crippen LogP contribution in [0.25, 0.3) is 0 Å². The molecule has 2 aromatic rings. The van der Waals surface area contributed by atoms with E-state index in [9.17, 15) is 9.59 Å². The fraction of sp³-hybridized carbons (Fsp3) is 0.200. The molecule has 1 atom stereocenters. The maximum absolute atomic E-state index is 13.2. The van der Waals surface area contributed by atoms with Crippen molar-refractivity contribution in [3.8, 4) is 0 Å². The van der Waals surface area contributed by atoms with E-state index in [0.717, 1.165) is 5.56 Å². The van der Waals surface area contributed by atoms with Gasteiger partial charge in [-0.2, -0.15) is 0 Å². The van der Waals surface area contributed by atoms with E-state index in [-0.39, 0.29) is 11.9 Å². The predicted octanol–water partition coefficient (Wildman–Crippen LogP) is 3.48. The minimum Gasteiger partial charge on any atom is -0.467 e. The van der Waals surface area contributed by atoms with E-state index < -0.39 is 6.04 Å². The average molecular weight is 384 g/mol. The maximum Gasteiger partial charge on any atom is 0.322 e. The van der Waals surface area contributed by atoms with E-state index in [0.29, 0.717) is 41.7 Å². The molecule has 1 aromatic carbocycles. The molecule has 1 aromatic heterocycles. The first-order valence-electron chi connectivity index (χ1n) is 8.57. The summed E-state index contributed by atoms with van der Waals surface area (Å²) in [7, 11) is 0. The van der Waals surface area contributed by atoms with Gasteiger partial charge in [0, 0.05) is 11.6 Å². The highest BCUT2D eigenvalue weighted by Crippen LogP contribution is 2.37. The Bertz CT molecular complexity index is 936. The van der Waals surface area contributed by atoms with Gasteiger partial charge in [0.05, 0.1) is 36.7 Å². The lowest BCUT2D eigenvalue weighted by Gasteiger charge is -2.33. The molecule has 0 saturated heterocycles. The van der Waals surface area contributed by atoms with E-state index in [4.69, 9.17) is 16.0 Å². The van der Waals surface area contributed by atoms with Gasteiger partial charge in [-0.05, 0) is 29.8 Å². The standard InChI is InChI=1S/C20H18ClN3O3/c1-2-8-24-16-12-23(11-15-7-4-9-27-15)19(25)17(16)18(22-20(24)26)13-5-3-6-14(21)10-13/h2-7,9-10,18H,1,8,11-12H2,(H,22,26). The number of nitrogens with one attached hydrogen (secondary N) is 1. The predicted molar refractivity (Wildman–Crippen MR) is 101 cm³/mol. The van der Waals surface area contributed by atoms with Gasteiger partial charge in [0.2, 0.25) is 0 Å². The van der Waals surface area contributed by atoms with Crippen LogP contribution in [0.3, 0.4) is 0 Å². The van der Waals surface area contributed by atoms with Crippen molar-refractivity contribution in [1.82, 2.24) is 15.1 Å². The molecule has 7 heteroatoms. The molecule has 6 nitrogen and oxygen atoms in total. The maximum atomic E-state index is 13.2. The van der Waals surface area contributed by atoms with Gasteiger partial charge in [-0.15, -0.1) is 6.58 Å². The first kappa shape index (κ1) is 17.4. The van der Waals surface area contributed by atoms with Crippen molar-refractivity contribution in [3.63, 3.8) is 0 Å². The van der Waals surface area contributed by atoms with Gasteiger partial charge in [0.25, 0.3) is 5.91 Å². The summed E-state index contributed by atoms with van der Waals surface area (Å²) in [5.74, 6) is 0.567. The Hall–Kier alpha value is -2.99. The summed E-state index contributed by atoms with van der Waals surface area (Å²) in [4.78, 5) is 29.1. The van der Waals surface area contributed by atoms with Crippen LogP contribution in [0, 0.1) is 0 Å². The number of rotatable bonds is 5. The molecule has 0 bridgehead atoms. The minimum absolute atomic E-state index is 0.125. The molecular weight excluding hydrogens is 366 g/mol. The van der Waals surface area contributed by atoms with Crippen molar-refractivity contribution in [2.24, 2.45) is 0 Å². The number of urea groups is 1. The topological polar surface area (TPSA) is 65.8 Å². The molecule has 0 spiro atoms. The second kappa shape index (κ2) is 6.96. The number of hydrogen-bond acceptors (Lipinski definition) is 3. The molecule has 0 saturated carbocycles. The van der Waals surface area contributed by atoms with Crippen LogP contribution in [0.1, 0.15) is 17.4 Å². The smallest absolute Gasteiger partial charge is 0.322 e. The number of furan rings is 1. The van der Waals surface area contributed by atoms with Gasteiger partial charge in [0.15, 0.2) is 0 Å². The van der Waals surface area contributed by atoms with Crippen molar-refractivity contribution in [1.29, 1.82) is 0 Å². The second-order valence-corrected chi connectivity index (χ2v) is 6.87. The summed E-state index contributed by atoms with van der Waals surface area (Å²) >= 11 is 6.12. The molecule has 3 heterocycles. The van der Waals surface area contributed by atoms with Gasteiger partial charge >= 0.3 is 6.03 Å². The van der Waals surface area contributed by atoms with E-state index in [1.54, 1.807) is 46.4 Å². The minimum atomic E-state index is -0.540. The Labute approximate surface area is 161 Å². The Balaban J connectivity index is 1.73. The molecule has 3 amide bonds. The van der Waals surface area contributed by atoms with Crippen LogP contribution in [-0.2, 0) is 11.3 Å². The Kier molecular flexibility index (Phi) is 4.49. The molecule has 4 rings (SSSR count). The van der Waals surface area contributed by atoms with E-state index in [1.165, 1.54) is 0 Å². The van der Waals surface area contributed by atoms with Crippen LogP contribution in [0.5, 0.6) is 0 Å². The second-order valence-electron chi connectivity index (χ2n) is 6.44. The Morgan fingerprint density at radius 3 is 2.85 bits per heavy atom. The number of carbonyl (C=O) groups excluding carboxylic acids is 2. The SMILES string of the molecule is C=CCN1C(=O)NC(c2cccc(Cl)c2)C2=C1CN(Cc1ccco1)C2=O. The van der Waals surface area contributed by atoms with Crippen molar-refractivity contribution in [2.75, 3.05) is 13.1 Å². The third-order valence-corrected chi connectivity index (χ3v) is 4.95. The highest BCUT2D eigenvalue weighted by molar-refractivity contribution is 6.30. The number of halogens is 1. The van der Waals surface area contributed by atoms with E-state index >= 15 is 0 Å². The number of carbonyl (C=O) groups is 2.